The van der Waals surface area contributed by atoms with E-state index in [0.29, 0.717) is 11.3 Å². The van der Waals surface area contributed by atoms with Gasteiger partial charge in [-0.1, -0.05) is 18.2 Å². The average molecular weight is 386 g/mol. The van der Waals surface area contributed by atoms with Gasteiger partial charge < -0.3 is 24.8 Å². The lowest BCUT2D eigenvalue weighted by Crippen LogP contribution is -2.24. The fraction of sp³-hybridized carbons (Fsp3) is 0.250. The van der Waals surface area contributed by atoms with Crippen LogP contribution in [0.2, 0.25) is 0 Å². The first-order valence-electron chi connectivity index (χ1n) is 8.63. The van der Waals surface area contributed by atoms with E-state index in [0.717, 1.165) is 5.56 Å². The minimum absolute atomic E-state index is 0.0547. The number of benzene rings is 2. The van der Waals surface area contributed by atoms with Crippen molar-refractivity contribution in [1.82, 2.24) is 5.32 Å². The maximum atomic E-state index is 12.3. The Balaban J connectivity index is 1.95. The lowest BCUT2D eigenvalue weighted by Gasteiger charge is -2.12. The molecule has 8 heteroatoms. The van der Waals surface area contributed by atoms with E-state index < -0.39 is 6.16 Å². The molecule has 0 spiro atoms. The Morgan fingerprint density at radius 2 is 1.71 bits per heavy atom. The van der Waals surface area contributed by atoms with Crippen molar-refractivity contribution in [3.05, 3.63) is 59.7 Å². The van der Waals surface area contributed by atoms with Gasteiger partial charge in [0.15, 0.2) is 0 Å². The second kappa shape index (κ2) is 10.7. The molecule has 0 aliphatic carbocycles. The smallest absolute Gasteiger partial charge is 0.434 e. The molecule has 0 heterocycles. The molecule has 0 saturated heterocycles. The molecule has 0 aliphatic rings. The first kappa shape index (κ1) is 20.9. The Morgan fingerprint density at radius 3 is 2.39 bits per heavy atom. The van der Waals surface area contributed by atoms with Gasteiger partial charge in [-0.25, -0.2) is 4.79 Å². The first-order valence-corrected chi connectivity index (χ1v) is 8.63. The summed E-state index contributed by atoms with van der Waals surface area (Å²) in [4.78, 5) is 35.3. The summed E-state index contributed by atoms with van der Waals surface area (Å²) >= 11 is 0. The van der Waals surface area contributed by atoms with Crippen molar-refractivity contribution >= 4 is 23.7 Å². The molecule has 0 bridgehead atoms. The van der Waals surface area contributed by atoms with Gasteiger partial charge in [-0.2, -0.15) is 0 Å². The largest absolute Gasteiger partial charge is 0.513 e. The summed E-state index contributed by atoms with van der Waals surface area (Å²) in [6, 6.07) is 13.2. The van der Waals surface area contributed by atoms with E-state index in [-0.39, 0.29) is 37.3 Å². The van der Waals surface area contributed by atoms with Crippen molar-refractivity contribution in [2.45, 2.75) is 13.5 Å². The number of hydrogen-bond donors (Lipinski definition) is 2. The number of carbonyl (C=O) groups excluding carboxylic acids is 3. The SMILES string of the molecule is CCOC(=O)Oc1ccc(C(=O)NCc2ccccc2NC(=O)COC)cc1. The lowest BCUT2D eigenvalue weighted by atomic mass is 10.1. The quantitative estimate of drug-likeness (QED) is 0.534. The molecular weight excluding hydrogens is 364 g/mol. The summed E-state index contributed by atoms with van der Waals surface area (Å²) in [6.45, 7) is 2.06. The highest BCUT2D eigenvalue weighted by atomic mass is 16.7. The van der Waals surface area contributed by atoms with Gasteiger partial charge in [0.1, 0.15) is 12.4 Å². The van der Waals surface area contributed by atoms with Crippen LogP contribution in [0.1, 0.15) is 22.8 Å². The van der Waals surface area contributed by atoms with Gasteiger partial charge in [-0.3, -0.25) is 9.59 Å². The standard InChI is InChI=1S/C20H22N2O6/c1-3-27-20(25)28-16-10-8-14(9-11-16)19(24)21-12-15-6-4-5-7-17(15)22-18(23)13-26-2/h4-11H,3,12-13H2,1-2H3,(H,21,24)(H,22,23). The maximum Gasteiger partial charge on any atom is 0.513 e. The van der Waals surface area contributed by atoms with Crippen LogP contribution in [0.15, 0.2) is 48.5 Å². The van der Waals surface area contributed by atoms with E-state index in [1.54, 1.807) is 25.1 Å². The third-order valence-corrected chi connectivity index (χ3v) is 3.59. The molecule has 0 saturated carbocycles. The molecule has 28 heavy (non-hydrogen) atoms. The highest BCUT2D eigenvalue weighted by Gasteiger charge is 2.10. The van der Waals surface area contributed by atoms with Crippen molar-refractivity contribution in [2.75, 3.05) is 25.6 Å². The molecule has 0 fully saturated rings. The van der Waals surface area contributed by atoms with Crippen LogP contribution in [0.25, 0.3) is 0 Å². The second-order valence-corrected chi connectivity index (χ2v) is 5.63. The Hall–Kier alpha value is -3.39. The zero-order chi connectivity index (χ0) is 20.4. The van der Waals surface area contributed by atoms with Gasteiger partial charge >= 0.3 is 6.16 Å². The van der Waals surface area contributed by atoms with E-state index >= 15 is 0 Å². The van der Waals surface area contributed by atoms with E-state index in [1.165, 1.54) is 31.4 Å². The van der Waals surface area contributed by atoms with E-state index in [2.05, 4.69) is 15.4 Å². The molecule has 0 aromatic heterocycles. The number of carbonyl (C=O) groups is 3. The van der Waals surface area contributed by atoms with Crippen LogP contribution in [-0.2, 0) is 20.8 Å². The number of para-hydroxylation sites is 1. The van der Waals surface area contributed by atoms with Crippen LogP contribution in [0.5, 0.6) is 5.75 Å². The second-order valence-electron chi connectivity index (χ2n) is 5.63. The molecule has 148 valence electrons. The van der Waals surface area contributed by atoms with E-state index in [1.807, 2.05) is 6.07 Å². The van der Waals surface area contributed by atoms with Crippen molar-refractivity contribution in [2.24, 2.45) is 0 Å². The fourth-order valence-electron chi connectivity index (χ4n) is 2.31. The van der Waals surface area contributed by atoms with Gasteiger partial charge in [0.05, 0.1) is 6.61 Å². The Kier molecular flexibility index (Phi) is 7.98. The van der Waals surface area contributed by atoms with Gasteiger partial charge in [0, 0.05) is 24.9 Å². The van der Waals surface area contributed by atoms with Crippen LogP contribution in [-0.4, -0.2) is 38.3 Å². The zero-order valence-corrected chi connectivity index (χ0v) is 15.7. The summed E-state index contributed by atoms with van der Waals surface area (Å²) in [6.07, 6.45) is -0.799. The number of anilines is 1. The molecule has 0 radical (unpaired) electrons. The molecule has 2 aromatic carbocycles. The predicted molar refractivity (Wildman–Crippen MR) is 102 cm³/mol. The molecule has 8 nitrogen and oxygen atoms in total. The first-order chi connectivity index (χ1) is 13.5. The van der Waals surface area contributed by atoms with Gasteiger partial charge in [-0.15, -0.1) is 0 Å². The van der Waals surface area contributed by atoms with Gasteiger partial charge in [0.2, 0.25) is 5.91 Å². The maximum absolute atomic E-state index is 12.3. The summed E-state index contributed by atoms with van der Waals surface area (Å²) < 4.78 is 14.4. The molecule has 2 N–H and O–H groups in total. The topological polar surface area (TPSA) is 103 Å². The summed E-state index contributed by atoms with van der Waals surface area (Å²) in [5.41, 5.74) is 1.75. The van der Waals surface area contributed by atoms with Crippen LogP contribution in [0.3, 0.4) is 0 Å². The fourth-order valence-corrected chi connectivity index (χ4v) is 2.31. The van der Waals surface area contributed by atoms with E-state index in [4.69, 9.17) is 9.47 Å². The van der Waals surface area contributed by atoms with Crippen molar-refractivity contribution in [3.8, 4) is 5.75 Å². The highest BCUT2D eigenvalue weighted by molar-refractivity contribution is 5.95. The van der Waals surface area contributed by atoms with Crippen molar-refractivity contribution in [1.29, 1.82) is 0 Å². The molecule has 0 unspecified atom stereocenters. The molecule has 0 aliphatic heterocycles. The van der Waals surface area contributed by atoms with Gasteiger partial charge in [-0.05, 0) is 42.8 Å². The number of methoxy groups -OCH3 is 1. The normalized spacial score (nSPS) is 10.1. The van der Waals surface area contributed by atoms with Crippen LogP contribution >= 0.6 is 0 Å². The highest BCUT2D eigenvalue weighted by Crippen LogP contribution is 2.16. The Bertz CT molecular complexity index is 820. The Labute approximate surface area is 162 Å². The average Bonchev–Trinajstić information content (AvgIpc) is 2.68. The number of nitrogens with one attached hydrogen (secondary N) is 2. The molecule has 0 atom stereocenters. The zero-order valence-electron chi connectivity index (χ0n) is 15.7. The minimum Gasteiger partial charge on any atom is -0.434 e. The van der Waals surface area contributed by atoms with Crippen LogP contribution in [0, 0.1) is 0 Å². The predicted octanol–water partition coefficient (Wildman–Crippen LogP) is 2.74. The summed E-state index contributed by atoms with van der Waals surface area (Å²) in [7, 11) is 1.44. The third-order valence-electron chi connectivity index (χ3n) is 3.59. The lowest BCUT2D eigenvalue weighted by molar-refractivity contribution is -0.119. The number of ether oxygens (including phenoxy) is 3. The number of amides is 2. The van der Waals surface area contributed by atoms with Crippen molar-refractivity contribution < 1.29 is 28.6 Å². The molecule has 2 aromatic rings. The third kappa shape index (κ3) is 6.40. The van der Waals surface area contributed by atoms with Gasteiger partial charge in [0.25, 0.3) is 5.91 Å². The number of rotatable bonds is 8. The monoisotopic (exact) mass is 386 g/mol. The Morgan fingerprint density at radius 1 is 1.00 bits per heavy atom. The minimum atomic E-state index is -0.799. The van der Waals surface area contributed by atoms with Crippen molar-refractivity contribution in [3.63, 3.8) is 0 Å². The molecular formula is C20H22N2O6. The van der Waals surface area contributed by atoms with E-state index in [9.17, 15) is 14.4 Å². The van der Waals surface area contributed by atoms with Crippen LogP contribution in [0.4, 0.5) is 10.5 Å². The van der Waals surface area contributed by atoms with Crippen LogP contribution < -0.4 is 15.4 Å². The summed E-state index contributed by atoms with van der Waals surface area (Å²) in [5.74, 6) is -0.305. The molecule has 2 amide bonds. The molecule has 2 rings (SSSR count). The summed E-state index contributed by atoms with van der Waals surface area (Å²) in [5, 5.41) is 5.52. The number of hydrogen-bond acceptors (Lipinski definition) is 6.